The number of nitrogens with one attached hydrogen (secondary N) is 1. The highest BCUT2D eigenvalue weighted by Gasteiger charge is 2.35. The largest absolute Gasteiger partial charge is 0.478 e. The quantitative estimate of drug-likeness (QED) is 0.892. The molecular formula is C12H13F3N2O3. The predicted molar refractivity (Wildman–Crippen MR) is 64.4 cm³/mol. The fraction of sp³-hybridized carbons (Fsp3) is 0.417. The number of hydrazine groups is 1. The number of aromatic carboxylic acids is 1. The van der Waals surface area contributed by atoms with Gasteiger partial charge in [-0.2, -0.15) is 13.2 Å². The average Bonchev–Trinajstić information content (AvgIpc) is 2.38. The molecule has 0 spiro atoms. The molecule has 0 bridgehead atoms. The summed E-state index contributed by atoms with van der Waals surface area (Å²) >= 11 is 0. The van der Waals surface area contributed by atoms with E-state index in [-0.39, 0.29) is 5.69 Å². The molecule has 1 aromatic rings. The van der Waals surface area contributed by atoms with Crippen LogP contribution < -0.4 is 5.43 Å². The Bertz CT molecular complexity index is 499. The van der Waals surface area contributed by atoms with E-state index in [1.54, 1.807) is 5.01 Å². The normalized spacial score (nSPS) is 16.9. The lowest BCUT2D eigenvalue weighted by atomic mass is 10.1. The van der Waals surface area contributed by atoms with Crippen LogP contribution in [0.3, 0.4) is 0 Å². The minimum absolute atomic E-state index is 0.198. The zero-order valence-corrected chi connectivity index (χ0v) is 10.4. The summed E-state index contributed by atoms with van der Waals surface area (Å²) in [6.07, 6.45) is -4.71. The lowest BCUT2D eigenvalue weighted by Gasteiger charge is -2.28. The fourth-order valence-corrected chi connectivity index (χ4v) is 1.89. The van der Waals surface area contributed by atoms with Gasteiger partial charge in [-0.15, -0.1) is 0 Å². The highest BCUT2D eigenvalue weighted by atomic mass is 19.4. The van der Waals surface area contributed by atoms with Gasteiger partial charge in [-0.1, -0.05) is 0 Å². The molecule has 0 amide bonds. The van der Waals surface area contributed by atoms with Crippen LogP contribution in [0, 0.1) is 0 Å². The van der Waals surface area contributed by atoms with Gasteiger partial charge < -0.3 is 15.3 Å². The lowest BCUT2D eigenvalue weighted by Crippen LogP contribution is -2.40. The van der Waals surface area contributed by atoms with Crippen LogP contribution in [0.15, 0.2) is 18.2 Å². The number of carboxylic acid groups (broad SMARTS) is 1. The maximum atomic E-state index is 12.8. The van der Waals surface area contributed by atoms with Gasteiger partial charge in [0.1, 0.15) is 0 Å². The Balaban J connectivity index is 2.25. The molecule has 0 aromatic heterocycles. The first-order valence-electron chi connectivity index (χ1n) is 5.92. The molecule has 0 atom stereocenters. The summed E-state index contributed by atoms with van der Waals surface area (Å²) in [7, 11) is 0. The van der Waals surface area contributed by atoms with Crippen molar-refractivity contribution in [1.82, 2.24) is 5.01 Å². The van der Waals surface area contributed by atoms with E-state index in [2.05, 4.69) is 5.43 Å². The minimum atomic E-state index is -4.71. The lowest BCUT2D eigenvalue weighted by molar-refractivity contribution is -0.138. The summed E-state index contributed by atoms with van der Waals surface area (Å²) in [4.78, 5) is 10.8. The van der Waals surface area contributed by atoms with Crippen LogP contribution in [0.2, 0.25) is 0 Å². The Morgan fingerprint density at radius 2 is 1.95 bits per heavy atom. The number of hydrogen-bond acceptors (Lipinski definition) is 4. The van der Waals surface area contributed by atoms with E-state index >= 15 is 0 Å². The molecule has 1 aromatic carbocycles. The summed E-state index contributed by atoms with van der Waals surface area (Å²) in [6.45, 7) is 2.07. The standard InChI is InChI=1S/C12H13F3N2O3/c13-12(14,15)10-7-8(1-2-9(10)11(18)19)16-17-3-5-20-6-4-17/h1-2,7,16H,3-6H2,(H,18,19). The van der Waals surface area contributed by atoms with E-state index in [4.69, 9.17) is 9.84 Å². The summed E-state index contributed by atoms with van der Waals surface area (Å²) in [5, 5.41) is 10.5. The van der Waals surface area contributed by atoms with Gasteiger partial charge >= 0.3 is 12.1 Å². The number of alkyl halides is 3. The third-order valence-corrected chi connectivity index (χ3v) is 2.85. The monoisotopic (exact) mass is 290 g/mol. The van der Waals surface area contributed by atoms with E-state index in [9.17, 15) is 18.0 Å². The van der Waals surface area contributed by atoms with Crippen molar-refractivity contribution in [3.8, 4) is 0 Å². The first kappa shape index (κ1) is 14.6. The first-order valence-corrected chi connectivity index (χ1v) is 5.92. The molecule has 1 aliphatic heterocycles. The zero-order chi connectivity index (χ0) is 14.8. The highest BCUT2D eigenvalue weighted by molar-refractivity contribution is 5.90. The maximum absolute atomic E-state index is 12.8. The van der Waals surface area contributed by atoms with Gasteiger partial charge in [0.2, 0.25) is 0 Å². The van der Waals surface area contributed by atoms with Gasteiger partial charge in [0.25, 0.3) is 0 Å². The van der Waals surface area contributed by atoms with Gasteiger partial charge in [0, 0.05) is 18.8 Å². The molecule has 8 heteroatoms. The smallest absolute Gasteiger partial charge is 0.417 e. The topological polar surface area (TPSA) is 61.8 Å². The van der Waals surface area contributed by atoms with E-state index in [1.807, 2.05) is 0 Å². The number of rotatable bonds is 3. The van der Waals surface area contributed by atoms with Crippen LogP contribution in [0.1, 0.15) is 15.9 Å². The Labute approximate surface area is 112 Å². The zero-order valence-electron chi connectivity index (χ0n) is 10.4. The van der Waals surface area contributed by atoms with Crippen LogP contribution in [0.4, 0.5) is 18.9 Å². The molecule has 1 fully saturated rings. The van der Waals surface area contributed by atoms with Gasteiger partial charge in [0.15, 0.2) is 0 Å². The van der Waals surface area contributed by atoms with Crippen molar-refractivity contribution < 1.29 is 27.8 Å². The van der Waals surface area contributed by atoms with E-state index in [1.165, 1.54) is 6.07 Å². The van der Waals surface area contributed by atoms with Crippen LogP contribution >= 0.6 is 0 Å². The molecule has 1 aliphatic rings. The number of hydrogen-bond donors (Lipinski definition) is 2. The molecule has 1 saturated heterocycles. The van der Waals surface area contributed by atoms with Crippen molar-refractivity contribution in [1.29, 1.82) is 0 Å². The van der Waals surface area contributed by atoms with Crippen LogP contribution in [0.5, 0.6) is 0 Å². The molecule has 2 rings (SSSR count). The first-order chi connectivity index (χ1) is 9.38. The van der Waals surface area contributed by atoms with E-state index in [0.717, 1.165) is 12.1 Å². The summed E-state index contributed by atoms with van der Waals surface area (Å²) in [5.74, 6) is -1.60. The van der Waals surface area contributed by atoms with Crippen LogP contribution in [-0.2, 0) is 10.9 Å². The molecule has 5 nitrogen and oxygen atoms in total. The molecule has 0 unspecified atom stereocenters. The van der Waals surface area contributed by atoms with Crippen molar-refractivity contribution in [2.45, 2.75) is 6.18 Å². The molecular weight excluding hydrogens is 277 g/mol. The van der Waals surface area contributed by atoms with Crippen molar-refractivity contribution in [2.24, 2.45) is 0 Å². The number of ether oxygens (including phenoxy) is 1. The molecule has 110 valence electrons. The summed E-state index contributed by atoms with van der Waals surface area (Å²) in [5.41, 5.74) is 1.10. The number of benzene rings is 1. The number of carboxylic acids is 1. The van der Waals surface area contributed by atoms with E-state index < -0.39 is 23.3 Å². The third-order valence-electron chi connectivity index (χ3n) is 2.85. The van der Waals surface area contributed by atoms with E-state index in [0.29, 0.717) is 26.3 Å². The van der Waals surface area contributed by atoms with Crippen molar-refractivity contribution >= 4 is 11.7 Å². The van der Waals surface area contributed by atoms with Crippen molar-refractivity contribution in [3.63, 3.8) is 0 Å². The second-order valence-corrected chi connectivity index (χ2v) is 4.27. The number of morpholine rings is 1. The van der Waals surface area contributed by atoms with Gasteiger partial charge in [-0.05, 0) is 18.2 Å². The number of carbonyl (C=O) groups is 1. The van der Waals surface area contributed by atoms with Crippen molar-refractivity contribution in [2.75, 3.05) is 31.7 Å². The van der Waals surface area contributed by atoms with Gasteiger partial charge in [0.05, 0.1) is 24.3 Å². The second kappa shape index (κ2) is 5.68. The summed E-state index contributed by atoms with van der Waals surface area (Å²) < 4.78 is 43.7. The number of anilines is 1. The van der Waals surface area contributed by atoms with Gasteiger partial charge in [-0.25, -0.2) is 9.80 Å². The summed E-state index contributed by atoms with van der Waals surface area (Å²) in [6, 6.07) is 3.07. The second-order valence-electron chi connectivity index (χ2n) is 4.27. The molecule has 0 radical (unpaired) electrons. The SMILES string of the molecule is O=C(O)c1ccc(NN2CCOCC2)cc1C(F)(F)F. The third kappa shape index (κ3) is 3.40. The Morgan fingerprint density at radius 3 is 2.50 bits per heavy atom. The highest BCUT2D eigenvalue weighted by Crippen LogP contribution is 2.34. The number of halogens is 3. The molecule has 1 heterocycles. The average molecular weight is 290 g/mol. The molecule has 2 N–H and O–H groups in total. The molecule has 20 heavy (non-hydrogen) atoms. The number of nitrogens with zero attached hydrogens (tertiary/aromatic N) is 1. The molecule has 0 aliphatic carbocycles. The maximum Gasteiger partial charge on any atom is 0.417 e. The fourth-order valence-electron chi connectivity index (χ4n) is 1.89. The molecule has 0 saturated carbocycles. The van der Waals surface area contributed by atoms with Gasteiger partial charge in [-0.3, -0.25) is 0 Å². The predicted octanol–water partition coefficient (Wildman–Crippen LogP) is 2.06. The Kier molecular flexibility index (Phi) is 4.15. The van der Waals surface area contributed by atoms with Crippen molar-refractivity contribution in [3.05, 3.63) is 29.3 Å². The van der Waals surface area contributed by atoms with Crippen LogP contribution in [-0.4, -0.2) is 42.4 Å². The minimum Gasteiger partial charge on any atom is -0.478 e. The Morgan fingerprint density at radius 1 is 1.30 bits per heavy atom. The van der Waals surface area contributed by atoms with Crippen LogP contribution in [0.25, 0.3) is 0 Å². The Hall–Kier alpha value is -1.80.